The maximum Gasteiger partial charge on any atom is 0.210 e. The summed E-state index contributed by atoms with van der Waals surface area (Å²) < 4.78 is 26.4. The van der Waals surface area contributed by atoms with Crippen LogP contribution in [0.15, 0.2) is 18.2 Å². The predicted octanol–water partition coefficient (Wildman–Crippen LogP) is -0.0222. The van der Waals surface area contributed by atoms with Crippen LogP contribution in [-0.2, 0) is 10.0 Å². The van der Waals surface area contributed by atoms with E-state index in [2.05, 4.69) is 5.32 Å². The van der Waals surface area contributed by atoms with Gasteiger partial charge in [0, 0.05) is 12.6 Å². The van der Waals surface area contributed by atoms with Crippen LogP contribution >= 0.6 is 0 Å². The van der Waals surface area contributed by atoms with E-state index < -0.39 is 10.0 Å². The van der Waals surface area contributed by atoms with Crippen LogP contribution in [0.2, 0.25) is 0 Å². The van der Waals surface area contributed by atoms with Crippen LogP contribution in [-0.4, -0.2) is 27.8 Å². The zero-order chi connectivity index (χ0) is 12.2. The highest BCUT2D eigenvalue weighted by Gasteiger charge is 2.04. The third-order valence-corrected chi connectivity index (χ3v) is 2.73. The molecule has 0 unspecified atom stereocenters. The van der Waals surface area contributed by atoms with Crippen molar-refractivity contribution in [3.8, 4) is 5.75 Å². The summed E-state index contributed by atoms with van der Waals surface area (Å²) in [5.41, 5.74) is 6.87. The number of primary sulfonamides is 1. The third-order valence-electron chi connectivity index (χ3n) is 1.96. The maximum atomic E-state index is 10.7. The fourth-order valence-corrected chi connectivity index (χ4v) is 1.54. The summed E-state index contributed by atoms with van der Waals surface area (Å²) in [6.45, 7) is 0.218. The van der Waals surface area contributed by atoms with Gasteiger partial charge >= 0.3 is 0 Å². The van der Waals surface area contributed by atoms with Crippen LogP contribution in [0.5, 0.6) is 5.75 Å². The lowest BCUT2D eigenvalue weighted by molar-refractivity contribution is 0.415. The fraction of sp³-hybridized carbons (Fsp3) is 0.333. The molecule has 0 radical (unpaired) electrons. The Hall–Kier alpha value is -1.47. The van der Waals surface area contributed by atoms with Crippen molar-refractivity contribution >= 4 is 21.4 Å². The average molecular weight is 245 g/mol. The number of sulfonamides is 1. The van der Waals surface area contributed by atoms with Crippen molar-refractivity contribution in [3.05, 3.63) is 18.2 Å². The van der Waals surface area contributed by atoms with E-state index in [-0.39, 0.29) is 12.3 Å². The molecule has 0 aromatic heterocycles. The summed E-state index contributed by atoms with van der Waals surface area (Å²) in [6.07, 6.45) is 0. The molecule has 16 heavy (non-hydrogen) atoms. The number of hydrogen-bond donors (Lipinski definition) is 3. The quantitative estimate of drug-likeness (QED) is 0.632. The van der Waals surface area contributed by atoms with Crippen LogP contribution < -0.4 is 20.9 Å². The van der Waals surface area contributed by atoms with Gasteiger partial charge in [0.2, 0.25) is 10.0 Å². The smallest absolute Gasteiger partial charge is 0.210 e. The summed E-state index contributed by atoms with van der Waals surface area (Å²) in [5, 5.41) is 7.75. The molecule has 0 bridgehead atoms. The molecule has 1 aromatic carbocycles. The second-order valence-electron chi connectivity index (χ2n) is 3.25. The molecule has 0 spiro atoms. The monoisotopic (exact) mass is 245 g/mol. The normalized spacial score (nSPS) is 11.1. The summed E-state index contributed by atoms with van der Waals surface area (Å²) >= 11 is 0. The number of rotatable bonds is 5. The predicted molar refractivity (Wildman–Crippen MR) is 63.9 cm³/mol. The molecular formula is C9H15N3O3S. The molecule has 5 N–H and O–H groups in total. The van der Waals surface area contributed by atoms with Gasteiger partial charge in [-0.25, -0.2) is 13.6 Å². The molecular weight excluding hydrogens is 230 g/mol. The van der Waals surface area contributed by atoms with Gasteiger partial charge in [0.25, 0.3) is 0 Å². The van der Waals surface area contributed by atoms with Gasteiger partial charge in [-0.1, -0.05) is 0 Å². The topological polar surface area (TPSA) is 107 Å². The van der Waals surface area contributed by atoms with E-state index in [0.717, 1.165) is 0 Å². The van der Waals surface area contributed by atoms with Crippen molar-refractivity contribution in [3.63, 3.8) is 0 Å². The van der Waals surface area contributed by atoms with E-state index in [1.54, 1.807) is 25.3 Å². The molecule has 7 heteroatoms. The number of benzene rings is 1. The van der Waals surface area contributed by atoms with E-state index in [1.807, 2.05) is 0 Å². The standard InChI is InChI=1S/C9H15N3O3S/c1-15-7-2-3-9(8(10)6-7)12-4-5-16(11,13)14/h2-3,6,12H,4-5,10H2,1H3,(H2,11,13,14). The summed E-state index contributed by atoms with van der Waals surface area (Å²) in [5.74, 6) is 0.507. The highest BCUT2D eigenvalue weighted by molar-refractivity contribution is 7.89. The molecule has 1 rings (SSSR count). The number of anilines is 2. The minimum absolute atomic E-state index is 0.140. The Morgan fingerprint density at radius 3 is 2.62 bits per heavy atom. The van der Waals surface area contributed by atoms with Crippen molar-refractivity contribution < 1.29 is 13.2 Å². The Kier molecular flexibility index (Phi) is 3.97. The number of ether oxygens (including phenoxy) is 1. The van der Waals surface area contributed by atoms with Crippen molar-refractivity contribution in [1.82, 2.24) is 0 Å². The van der Waals surface area contributed by atoms with E-state index in [1.165, 1.54) is 0 Å². The molecule has 0 saturated heterocycles. The molecule has 0 aliphatic carbocycles. The van der Waals surface area contributed by atoms with Crippen molar-refractivity contribution in [2.75, 3.05) is 30.5 Å². The third kappa shape index (κ3) is 3.95. The Morgan fingerprint density at radius 1 is 1.44 bits per heavy atom. The van der Waals surface area contributed by atoms with Crippen LogP contribution in [0.25, 0.3) is 0 Å². The average Bonchev–Trinajstić information content (AvgIpc) is 2.18. The van der Waals surface area contributed by atoms with Gasteiger partial charge in [-0.05, 0) is 12.1 Å². The SMILES string of the molecule is COc1ccc(NCCS(N)(=O)=O)c(N)c1. The molecule has 6 nitrogen and oxygen atoms in total. The van der Waals surface area contributed by atoms with Crippen molar-refractivity contribution in [2.45, 2.75) is 0 Å². The Labute approximate surface area is 94.6 Å². The minimum atomic E-state index is -3.45. The number of methoxy groups -OCH3 is 1. The Bertz CT molecular complexity index is 459. The van der Waals surface area contributed by atoms with Crippen LogP contribution in [0.4, 0.5) is 11.4 Å². The summed E-state index contributed by atoms with van der Waals surface area (Å²) in [7, 11) is -1.90. The van der Waals surface area contributed by atoms with E-state index in [9.17, 15) is 8.42 Å². The highest BCUT2D eigenvalue weighted by Crippen LogP contribution is 2.23. The number of hydrogen-bond acceptors (Lipinski definition) is 5. The van der Waals surface area contributed by atoms with Crippen molar-refractivity contribution in [1.29, 1.82) is 0 Å². The Balaban J connectivity index is 2.61. The molecule has 0 aliphatic rings. The van der Waals surface area contributed by atoms with E-state index in [0.29, 0.717) is 17.1 Å². The molecule has 0 heterocycles. The first kappa shape index (κ1) is 12.6. The number of nitrogen functional groups attached to an aromatic ring is 1. The van der Waals surface area contributed by atoms with E-state index >= 15 is 0 Å². The van der Waals surface area contributed by atoms with Crippen LogP contribution in [0.1, 0.15) is 0 Å². The van der Waals surface area contributed by atoms with E-state index in [4.69, 9.17) is 15.6 Å². The minimum Gasteiger partial charge on any atom is -0.497 e. The second-order valence-corrected chi connectivity index (χ2v) is 4.98. The zero-order valence-corrected chi connectivity index (χ0v) is 9.75. The van der Waals surface area contributed by atoms with Crippen LogP contribution in [0.3, 0.4) is 0 Å². The highest BCUT2D eigenvalue weighted by atomic mass is 32.2. The van der Waals surface area contributed by atoms with Crippen molar-refractivity contribution in [2.24, 2.45) is 5.14 Å². The zero-order valence-electron chi connectivity index (χ0n) is 8.93. The molecule has 0 aliphatic heterocycles. The first-order valence-corrected chi connectivity index (χ1v) is 6.32. The van der Waals surface area contributed by atoms with Gasteiger partial charge in [-0.3, -0.25) is 0 Å². The molecule has 0 saturated carbocycles. The first-order chi connectivity index (χ1) is 7.42. The lowest BCUT2D eigenvalue weighted by atomic mass is 10.2. The van der Waals surface area contributed by atoms with Gasteiger partial charge in [0.1, 0.15) is 5.75 Å². The van der Waals surface area contributed by atoms with Gasteiger partial charge in [-0.15, -0.1) is 0 Å². The molecule has 0 amide bonds. The molecule has 1 aromatic rings. The lowest BCUT2D eigenvalue weighted by Gasteiger charge is -2.09. The lowest BCUT2D eigenvalue weighted by Crippen LogP contribution is -2.22. The van der Waals surface area contributed by atoms with Gasteiger partial charge < -0.3 is 15.8 Å². The summed E-state index contributed by atoms with van der Waals surface area (Å²) in [4.78, 5) is 0. The molecule has 0 atom stereocenters. The molecule has 0 fully saturated rings. The van der Waals surface area contributed by atoms with Crippen LogP contribution in [0, 0.1) is 0 Å². The fourth-order valence-electron chi connectivity index (χ4n) is 1.16. The second kappa shape index (κ2) is 5.04. The van der Waals surface area contributed by atoms with Gasteiger partial charge in [-0.2, -0.15) is 0 Å². The summed E-state index contributed by atoms with van der Waals surface area (Å²) in [6, 6.07) is 5.10. The molecule has 90 valence electrons. The van der Waals surface area contributed by atoms with Gasteiger partial charge in [0.15, 0.2) is 0 Å². The number of nitrogens with two attached hydrogens (primary N) is 2. The number of nitrogens with one attached hydrogen (secondary N) is 1. The first-order valence-electron chi connectivity index (χ1n) is 4.60. The van der Waals surface area contributed by atoms with Gasteiger partial charge in [0.05, 0.1) is 24.2 Å². The largest absolute Gasteiger partial charge is 0.497 e. The maximum absolute atomic E-state index is 10.7. The Morgan fingerprint density at radius 2 is 2.12 bits per heavy atom.